The molecule has 1 atom stereocenters. The molecular formula is C10H14N2O4. The fourth-order valence-corrected chi connectivity index (χ4v) is 1.70. The lowest BCUT2D eigenvalue weighted by molar-refractivity contribution is -0.0214. The largest absolute Gasteiger partial charge is 0.481 e. The number of nitrogens with zero attached hydrogens (tertiary/aromatic N) is 2. The monoisotopic (exact) mass is 226 g/mol. The third-order valence-electron chi connectivity index (χ3n) is 2.65. The number of ether oxygens (including phenoxy) is 2. The molecule has 6 heteroatoms. The average Bonchev–Trinajstić information content (AvgIpc) is 2.51. The molecule has 0 bridgehead atoms. The van der Waals surface area contributed by atoms with Crippen LogP contribution in [0.25, 0.3) is 0 Å². The van der Waals surface area contributed by atoms with Gasteiger partial charge in [-0.05, 0) is 12.8 Å². The van der Waals surface area contributed by atoms with Crippen LogP contribution in [0.1, 0.15) is 12.1 Å². The minimum Gasteiger partial charge on any atom is -0.481 e. The van der Waals surface area contributed by atoms with E-state index in [2.05, 4.69) is 4.98 Å². The number of hydrogen-bond donors (Lipinski definition) is 1. The topological polar surface area (TPSA) is 73.6 Å². The maximum absolute atomic E-state index is 11.6. The summed E-state index contributed by atoms with van der Waals surface area (Å²) in [5.74, 6) is 0.318. The Morgan fingerprint density at radius 3 is 3.25 bits per heavy atom. The van der Waals surface area contributed by atoms with E-state index in [1.54, 1.807) is 6.07 Å². The molecule has 0 aliphatic carbocycles. The van der Waals surface area contributed by atoms with Gasteiger partial charge in [0.05, 0.1) is 19.8 Å². The Morgan fingerprint density at radius 2 is 2.56 bits per heavy atom. The predicted molar refractivity (Wildman–Crippen MR) is 55.3 cm³/mol. The van der Waals surface area contributed by atoms with E-state index in [-0.39, 0.29) is 25.1 Å². The maximum atomic E-state index is 11.6. The highest BCUT2D eigenvalue weighted by Gasteiger charge is 2.17. The first kappa shape index (κ1) is 11.1. The second-order valence-corrected chi connectivity index (χ2v) is 3.64. The van der Waals surface area contributed by atoms with Gasteiger partial charge in [0.1, 0.15) is 6.73 Å². The Labute approximate surface area is 92.4 Å². The Hall–Kier alpha value is -1.40. The molecule has 16 heavy (non-hydrogen) atoms. The number of fused-ring (bicyclic) bond motifs is 1. The Balaban J connectivity index is 2.34. The molecule has 0 spiro atoms. The van der Waals surface area contributed by atoms with Crippen LogP contribution in [-0.2, 0) is 17.9 Å². The number of aromatic nitrogens is 2. The third-order valence-corrected chi connectivity index (χ3v) is 2.65. The molecular weight excluding hydrogens is 212 g/mol. The molecule has 1 aromatic heterocycles. The maximum Gasteiger partial charge on any atom is 0.352 e. The van der Waals surface area contributed by atoms with Crippen molar-refractivity contribution in [3.05, 3.63) is 22.2 Å². The normalized spacial score (nSPS) is 20.0. The van der Waals surface area contributed by atoms with Crippen LogP contribution in [0.3, 0.4) is 0 Å². The summed E-state index contributed by atoms with van der Waals surface area (Å²) in [6.45, 7) is 0.101. The average molecular weight is 226 g/mol. The molecule has 0 saturated heterocycles. The second kappa shape index (κ2) is 4.63. The van der Waals surface area contributed by atoms with Crippen molar-refractivity contribution >= 4 is 0 Å². The van der Waals surface area contributed by atoms with Gasteiger partial charge >= 0.3 is 5.69 Å². The number of aliphatic hydroxyl groups excluding tert-OH is 1. The van der Waals surface area contributed by atoms with Gasteiger partial charge in [0.15, 0.2) is 0 Å². The molecule has 1 aromatic rings. The molecule has 0 saturated carbocycles. The van der Waals surface area contributed by atoms with Crippen molar-refractivity contribution < 1.29 is 14.6 Å². The minimum absolute atomic E-state index is 0.0344. The zero-order chi connectivity index (χ0) is 11.5. The molecule has 0 radical (unpaired) electrons. The molecule has 2 rings (SSSR count). The highest BCUT2D eigenvalue weighted by molar-refractivity contribution is 5.15. The quantitative estimate of drug-likeness (QED) is 0.738. The first-order chi connectivity index (χ1) is 7.74. The van der Waals surface area contributed by atoms with Crippen LogP contribution in [0, 0.1) is 0 Å². The van der Waals surface area contributed by atoms with E-state index in [0.29, 0.717) is 18.7 Å². The molecule has 1 unspecified atom stereocenters. The van der Waals surface area contributed by atoms with Crippen LogP contribution in [0.15, 0.2) is 10.9 Å². The molecule has 88 valence electrons. The smallest absolute Gasteiger partial charge is 0.352 e. The zero-order valence-corrected chi connectivity index (χ0v) is 9.05. The van der Waals surface area contributed by atoms with Crippen molar-refractivity contribution in [2.45, 2.75) is 25.7 Å². The van der Waals surface area contributed by atoms with Crippen molar-refractivity contribution in [3.8, 4) is 5.88 Å². The molecule has 1 aliphatic heterocycles. The summed E-state index contributed by atoms with van der Waals surface area (Å²) >= 11 is 0. The van der Waals surface area contributed by atoms with Gasteiger partial charge in [-0.1, -0.05) is 0 Å². The van der Waals surface area contributed by atoms with Crippen molar-refractivity contribution in [2.24, 2.45) is 0 Å². The summed E-state index contributed by atoms with van der Waals surface area (Å²) in [5, 5.41) is 9.01. The SMILES string of the molecule is COc1cc2n(c(=O)n1)COC(CO)CC2. The number of aryl methyl sites for hydroxylation is 1. The number of aliphatic hydroxyl groups is 1. The van der Waals surface area contributed by atoms with Crippen LogP contribution in [0.5, 0.6) is 5.88 Å². The first-order valence-electron chi connectivity index (χ1n) is 5.12. The third kappa shape index (κ3) is 2.07. The highest BCUT2D eigenvalue weighted by Crippen LogP contribution is 2.15. The van der Waals surface area contributed by atoms with Crippen LogP contribution in [0.2, 0.25) is 0 Å². The molecule has 0 amide bonds. The van der Waals surface area contributed by atoms with Gasteiger partial charge in [0.2, 0.25) is 5.88 Å². The van der Waals surface area contributed by atoms with Crippen LogP contribution in [0.4, 0.5) is 0 Å². The van der Waals surface area contributed by atoms with Crippen molar-refractivity contribution in [2.75, 3.05) is 13.7 Å². The number of hydrogen-bond acceptors (Lipinski definition) is 5. The Morgan fingerprint density at radius 1 is 1.75 bits per heavy atom. The molecule has 6 nitrogen and oxygen atoms in total. The van der Waals surface area contributed by atoms with Crippen molar-refractivity contribution in [1.82, 2.24) is 9.55 Å². The van der Waals surface area contributed by atoms with Crippen LogP contribution < -0.4 is 10.4 Å². The zero-order valence-electron chi connectivity index (χ0n) is 9.05. The number of rotatable bonds is 2. The van der Waals surface area contributed by atoms with E-state index in [0.717, 1.165) is 5.69 Å². The van der Waals surface area contributed by atoms with E-state index >= 15 is 0 Å². The predicted octanol–water partition coefficient (Wildman–Crippen LogP) is -0.467. The van der Waals surface area contributed by atoms with Crippen molar-refractivity contribution in [3.63, 3.8) is 0 Å². The van der Waals surface area contributed by atoms with Crippen LogP contribution in [-0.4, -0.2) is 34.5 Å². The summed E-state index contributed by atoms with van der Waals surface area (Å²) in [5.41, 5.74) is 0.445. The standard InChI is InChI=1S/C10H14N2O4/c1-15-9-4-7-2-3-8(5-13)16-6-12(7)10(14)11-9/h4,8,13H,2-3,5-6H2,1H3. The van der Waals surface area contributed by atoms with Crippen LogP contribution >= 0.6 is 0 Å². The lowest BCUT2D eigenvalue weighted by Gasteiger charge is -2.10. The molecule has 0 aromatic carbocycles. The number of methoxy groups -OCH3 is 1. The Kier molecular flexibility index (Phi) is 3.21. The highest BCUT2D eigenvalue weighted by atomic mass is 16.5. The molecule has 2 heterocycles. The summed E-state index contributed by atoms with van der Waals surface area (Å²) in [7, 11) is 1.47. The van der Waals surface area contributed by atoms with Gasteiger partial charge < -0.3 is 14.6 Å². The summed E-state index contributed by atoms with van der Waals surface area (Å²) in [4.78, 5) is 15.4. The van der Waals surface area contributed by atoms with Gasteiger partial charge in [0.25, 0.3) is 0 Å². The van der Waals surface area contributed by atoms with E-state index < -0.39 is 0 Å². The fraction of sp³-hybridized carbons (Fsp3) is 0.600. The summed E-state index contributed by atoms with van der Waals surface area (Å²) < 4.78 is 11.8. The molecule has 0 fully saturated rings. The van der Waals surface area contributed by atoms with E-state index in [4.69, 9.17) is 14.6 Å². The van der Waals surface area contributed by atoms with Gasteiger partial charge in [-0.25, -0.2) is 4.79 Å². The molecule has 1 aliphatic rings. The van der Waals surface area contributed by atoms with Crippen molar-refractivity contribution in [1.29, 1.82) is 0 Å². The second-order valence-electron chi connectivity index (χ2n) is 3.64. The first-order valence-corrected chi connectivity index (χ1v) is 5.12. The van der Waals surface area contributed by atoms with E-state index in [9.17, 15) is 4.79 Å². The summed E-state index contributed by atoms with van der Waals surface area (Å²) in [6, 6.07) is 1.73. The van der Waals surface area contributed by atoms with Gasteiger partial charge in [0, 0.05) is 11.8 Å². The van der Waals surface area contributed by atoms with Gasteiger partial charge in [-0.3, -0.25) is 4.57 Å². The van der Waals surface area contributed by atoms with E-state index in [1.165, 1.54) is 11.7 Å². The lowest BCUT2D eigenvalue weighted by Crippen LogP contribution is -2.27. The van der Waals surface area contributed by atoms with Gasteiger partial charge in [-0.15, -0.1) is 0 Å². The molecule has 1 N–H and O–H groups in total. The summed E-state index contributed by atoms with van der Waals surface area (Å²) in [6.07, 6.45) is 1.13. The van der Waals surface area contributed by atoms with E-state index in [1.807, 2.05) is 0 Å². The van der Waals surface area contributed by atoms with Gasteiger partial charge in [-0.2, -0.15) is 4.98 Å². The minimum atomic E-state index is -0.382. The lowest BCUT2D eigenvalue weighted by atomic mass is 10.1. The fourth-order valence-electron chi connectivity index (χ4n) is 1.70. The Bertz CT molecular complexity index is 429.